The third kappa shape index (κ3) is 5.84. The van der Waals surface area contributed by atoms with E-state index < -0.39 is 23.7 Å². The number of benzene rings is 2. The lowest BCUT2D eigenvalue weighted by Gasteiger charge is -2.37. The summed E-state index contributed by atoms with van der Waals surface area (Å²) in [6.07, 6.45) is 4.62. The molecule has 8 nitrogen and oxygen atoms in total. The number of ether oxygens (including phenoxy) is 5. The van der Waals surface area contributed by atoms with Crippen molar-refractivity contribution in [3.63, 3.8) is 0 Å². The van der Waals surface area contributed by atoms with Crippen molar-refractivity contribution in [2.75, 3.05) is 20.3 Å². The summed E-state index contributed by atoms with van der Waals surface area (Å²) in [7, 11) is 1.32. The van der Waals surface area contributed by atoms with Crippen LogP contribution in [0.5, 0.6) is 17.2 Å². The Balaban J connectivity index is 1.30. The minimum Gasteiger partial charge on any atom is -0.493 e. The number of fused-ring (bicyclic) bond motifs is 2. The van der Waals surface area contributed by atoms with E-state index in [0.717, 1.165) is 29.0 Å². The summed E-state index contributed by atoms with van der Waals surface area (Å²) < 4.78 is 29.0. The molecule has 0 radical (unpaired) electrons. The zero-order valence-corrected chi connectivity index (χ0v) is 22.7. The van der Waals surface area contributed by atoms with Crippen LogP contribution in [0.3, 0.4) is 0 Å². The molecule has 5 rings (SSSR count). The maximum atomic E-state index is 13.0. The molecular weight excluding hydrogens is 486 g/mol. The molecule has 0 N–H and O–H groups in total. The minimum atomic E-state index is -0.771. The van der Waals surface area contributed by atoms with Gasteiger partial charge in [-0.05, 0) is 80.5 Å². The molecule has 1 fully saturated rings. The van der Waals surface area contributed by atoms with Crippen LogP contribution >= 0.6 is 0 Å². The van der Waals surface area contributed by atoms with E-state index in [-0.39, 0.29) is 12.6 Å². The zero-order chi connectivity index (χ0) is 26.9. The van der Waals surface area contributed by atoms with Gasteiger partial charge in [-0.1, -0.05) is 25.0 Å². The smallest absolute Gasteiger partial charge is 0.411 e. The standard InChI is InChI=1S/C30H37NO7/c1-30(2,3)38-29(33)31-16-22-15-26-25(14-21(22)13-24(31)28(32)34-4)36-18-27(37-26)20-9-11-23(12-10-20)35-17-19-7-5-6-8-19/h9-12,14-15,19,24,27H,5-8,13,16-18H2,1-4H3/t24-,27?/m0/s1. The Morgan fingerprint density at radius 2 is 1.74 bits per heavy atom. The topological polar surface area (TPSA) is 83.5 Å². The molecule has 0 spiro atoms. The highest BCUT2D eigenvalue weighted by atomic mass is 16.6. The van der Waals surface area contributed by atoms with Gasteiger partial charge in [0, 0.05) is 6.42 Å². The summed E-state index contributed by atoms with van der Waals surface area (Å²) in [4.78, 5) is 26.9. The predicted octanol–water partition coefficient (Wildman–Crippen LogP) is 5.60. The summed E-state index contributed by atoms with van der Waals surface area (Å²) in [5.74, 6) is 2.30. The van der Waals surface area contributed by atoms with E-state index in [4.69, 9.17) is 23.7 Å². The van der Waals surface area contributed by atoms with E-state index in [1.807, 2.05) is 36.4 Å². The van der Waals surface area contributed by atoms with Crippen LogP contribution < -0.4 is 14.2 Å². The molecule has 1 saturated carbocycles. The Bertz CT molecular complexity index is 1160. The predicted molar refractivity (Wildman–Crippen MR) is 140 cm³/mol. The third-order valence-electron chi connectivity index (χ3n) is 7.37. The van der Waals surface area contributed by atoms with Crippen LogP contribution in [0.1, 0.15) is 69.2 Å². The molecule has 1 aliphatic carbocycles. The second-order valence-electron chi connectivity index (χ2n) is 11.4. The lowest BCUT2D eigenvalue weighted by molar-refractivity contribution is -0.147. The van der Waals surface area contributed by atoms with Gasteiger partial charge in [0.15, 0.2) is 17.6 Å². The van der Waals surface area contributed by atoms with E-state index in [9.17, 15) is 9.59 Å². The fourth-order valence-electron chi connectivity index (χ4n) is 5.34. The van der Waals surface area contributed by atoms with Crippen LogP contribution in [0.4, 0.5) is 4.79 Å². The molecule has 0 saturated heterocycles. The first-order valence-corrected chi connectivity index (χ1v) is 13.5. The van der Waals surface area contributed by atoms with Crippen molar-refractivity contribution in [2.24, 2.45) is 5.92 Å². The van der Waals surface area contributed by atoms with Gasteiger partial charge < -0.3 is 23.7 Å². The minimum absolute atomic E-state index is 0.207. The van der Waals surface area contributed by atoms with Gasteiger partial charge in [0.25, 0.3) is 0 Å². The quantitative estimate of drug-likeness (QED) is 0.472. The van der Waals surface area contributed by atoms with Crippen molar-refractivity contribution >= 4 is 12.1 Å². The molecule has 0 aromatic heterocycles. The Kier molecular flexibility index (Phi) is 7.41. The van der Waals surface area contributed by atoms with Crippen LogP contribution in [-0.2, 0) is 27.2 Å². The van der Waals surface area contributed by atoms with Gasteiger partial charge in [0.2, 0.25) is 0 Å². The number of carbonyl (C=O) groups is 2. The molecule has 2 aliphatic heterocycles. The Morgan fingerprint density at radius 3 is 2.42 bits per heavy atom. The van der Waals surface area contributed by atoms with E-state index in [1.54, 1.807) is 20.8 Å². The highest BCUT2D eigenvalue weighted by Gasteiger charge is 2.39. The first kappa shape index (κ1) is 26.2. The molecule has 2 aromatic carbocycles. The molecule has 2 heterocycles. The Morgan fingerprint density at radius 1 is 1.03 bits per heavy atom. The van der Waals surface area contributed by atoms with E-state index in [2.05, 4.69) is 0 Å². The van der Waals surface area contributed by atoms with Crippen molar-refractivity contribution in [2.45, 2.75) is 77.2 Å². The van der Waals surface area contributed by atoms with Crippen molar-refractivity contribution < 1.29 is 33.3 Å². The van der Waals surface area contributed by atoms with E-state index in [1.165, 1.54) is 37.7 Å². The van der Waals surface area contributed by atoms with Crippen molar-refractivity contribution in [1.82, 2.24) is 4.90 Å². The van der Waals surface area contributed by atoms with Crippen LogP contribution in [0.2, 0.25) is 0 Å². The number of nitrogens with zero attached hydrogens (tertiary/aromatic N) is 1. The number of rotatable bonds is 5. The fourth-order valence-corrected chi connectivity index (χ4v) is 5.34. The van der Waals surface area contributed by atoms with Crippen molar-refractivity contribution in [3.05, 3.63) is 53.1 Å². The van der Waals surface area contributed by atoms with Gasteiger partial charge in [-0.25, -0.2) is 9.59 Å². The SMILES string of the molecule is COC(=O)[C@@H]1Cc2cc3c(cc2CN1C(=O)OC(C)(C)C)OC(c1ccc(OCC2CCCC2)cc1)CO3. The summed E-state index contributed by atoms with van der Waals surface area (Å²) >= 11 is 0. The van der Waals surface area contributed by atoms with Crippen molar-refractivity contribution in [3.8, 4) is 17.2 Å². The molecule has 1 amide bonds. The van der Waals surface area contributed by atoms with Crippen LogP contribution in [0.25, 0.3) is 0 Å². The number of methoxy groups -OCH3 is 1. The van der Waals surface area contributed by atoms with Gasteiger partial charge in [0.05, 0.1) is 20.3 Å². The summed E-state index contributed by atoms with van der Waals surface area (Å²) in [6.45, 7) is 6.75. The second kappa shape index (κ2) is 10.8. The number of esters is 1. The third-order valence-corrected chi connectivity index (χ3v) is 7.37. The van der Waals surface area contributed by atoms with Gasteiger partial charge in [-0.15, -0.1) is 0 Å². The first-order chi connectivity index (χ1) is 18.2. The Hall–Kier alpha value is -3.42. The highest BCUT2D eigenvalue weighted by molar-refractivity contribution is 5.82. The fraction of sp³-hybridized carbons (Fsp3) is 0.533. The van der Waals surface area contributed by atoms with Crippen LogP contribution in [-0.4, -0.2) is 48.9 Å². The lowest BCUT2D eigenvalue weighted by atomic mass is 9.93. The number of amides is 1. The molecule has 1 unspecified atom stereocenters. The molecule has 204 valence electrons. The normalized spacial score (nSPS) is 21.0. The van der Waals surface area contributed by atoms with Gasteiger partial charge in [0.1, 0.15) is 24.0 Å². The molecule has 38 heavy (non-hydrogen) atoms. The average Bonchev–Trinajstić information content (AvgIpc) is 3.42. The number of hydrogen-bond donors (Lipinski definition) is 0. The molecule has 3 aliphatic rings. The van der Waals surface area contributed by atoms with Crippen molar-refractivity contribution in [1.29, 1.82) is 0 Å². The Labute approximate surface area is 224 Å². The largest absolute Gasteiger partial charge is 0.493 e. The molecule has 2 atom stereocenters. The van der Waals surface area contributed by atoms with Crippen LogP contribution in [0, 0.1) is 5.92 Å². The van der Waals surface area contributed by atoms with E-state index >= 15 is 0 Å². The summed E-state index contributed by atoms with van der Waals surface area (Å²) in [5.41, 5.74) is 2.12. The number of hydrogen-bond acceptors (Lipinski definition) is 7. The maximum absolute atomic E-state index is 13.0. The van der Waals surface area contributed by atoms with Crippen LogP contribution in [0.15, 0.2) is 36.4 Å². The average molecular weight is 524 g/mol. The molecule has 8 heteroatoms. The molecule has 0 bridgehead atoms. The summed E-state index contributed by atoms with van der Waals surface area (Å²) in [6, 6.07) is 11.1. The lowest BCUT2D eigenvalue weighted by Crippen LogP contribution is -2.50. The highest BCUT2D eigenvalue weighted by Crippen LogP contribution is 2.41. The van der Waals surface area contributed by atoms with Gasteiger partial charge in [-0.2, -0.15) is 0 Å². The molecular formula is C30H37NO7. The van der Waals surface area contributed by atoms with Gasteiger partial charge in [-0.3, -0.25) is 4.90 Å². The molecule has 2 aromatic rings. The summed E-state index contributed by atoms with van der Waals surface area (Å²) in [5, 5.41) is 0. The monoisotopic (exact) mass is 523 g/mol. The zero-order valence-electron chi connectivity index (χ0n) is 22.7. The van der Waals surface area contributed by atoms with Gasteiger partial charge >= 0.3 is 12.1 Å². The van der Waals surface area contributed by atoms with E-state index in [0.29, 0.717) is 30.4 Å². The first-order valence-electron chi connectivity index (χ1n) is 13.5. The maximum Gasteiger partial charge on any atom is 0.411 e. The second-order valence-corrected chi connectivity index (χ2v) is 11.4. The number of carbonyl (C=O) groups excluding carboxylic acids is 2.